The summed E-state index contributed by atoms with van der Waals surface area (Å²) in [4.78, 5) is 18.8. The van der Waals surface area contributed by atoms with Gasteiger partial charge in [-0.25, -0.2) is 13.1 Å². The van der Waals surface area contributed by atoms with Gasteiger partial charge in [-0.15, -0.1) is 0 Å². The van der Waals surface area contributed by atoms with Gasteiger partial charge in [0.1, 0.15) is 10.6 Å². The van der Waals surface area contributed by atoms with Crippen molar-refractivity contribution in [2.75, 3.05) is 26.7 Å². The van der Waals surface area contributed by atoms with Crippen LogP contribution in [0.3, 0.4) is 0 Å². The number of aromatic nitrogens is 1. The number of carbonyl (C=O) groups is 1. The lowest BCUT2D eigenvalue weighted by Crippen LogP contribution is -2.33. The third-order valence-corrected chi connectivity index (χ3v) is 5.86. The molecule has 7 nitrogen and oxygen atoms in total. The Bertz CT molecular complexity index is 895. The fraction of sp³-hybridized carbons (Fsp3) is 0.429. The van der Waals surface area contributed by atoms with E-state index in [1.807, 2.05) is 26.0 Å². The lowest BCUT2D eigenvalue weighted by molar-refractivity contribution is 0.0755. The molecule has 0 bridgehead atoms. The average Bonchev–Trinajstić information content (AvgIpc) is 2.73. The summed E-state index contributed by atoms with van der Waals surface area (Å²) >= 11 is 0. The number of amides is 1. The Labute approximate surface area is 173 Å². The van der Waals surface area contributed by atoms with Crippen molar-refractivity contribution in [3.63, 3.8) is 0 Å². The molecule has 8 heteroatoms. The molecule has 0 aliphatic carbocycles. The first-order valence-electron chi connectivity index (χ1n) is 9.79. The highest BCUT2D eigenvalue weighted by Crippen LogP contribution is 2.25. The van der Waals surface area contributed by atoms with E-state index in [0.717, 1.165) is 18.5 Å². The van der Waals surface area contributed by atoms with Crippen molar-refractivity contribution in [3.05, 3.63) is 53.9 Å². The number of nitrogens with one attached hydrogen (secondary N) is 1. The summed E-state index contributed by atoms with van der Waals surface area (Å²) < 4.78 is 33.5. The minimum absolute atomic E-state index is 0.0418. The van der Waals surface area contributed by atoms with Gasteiger partial charge in [0.25, 0.3) is 5.91 Å². The Morgan fingerprint density at radius 3 is 2.45 bits per heavy atom. The number of pyridine rings is 1. The minimum atomic E-state index is -3.85. The van der Waals surface area contributed by atoms with E-state index in [9.17, 15) is 13.2 Å². The largest absolute Gasteiger partial charge is 0.495 e. The average molecular weight is 420 g/mol. The Morgan fingerprint density at radius 1 is 1.14 bits per heavy atom. The monoisotopic (exact) mass is 419 g/mol. The van der Waals surface area contributed by atoms with Gasteiger partial charge in [-0.1, -0.05) is 19.9 Å². The van der Waals surface area contributed by atoms with Crippen molar-refractivity contribution < 1.29 is 17.9 Å². The molecule has 0 fully saturated rings. The Balaban J connectivity index is 2.23. The van der Waals surface area contributed by atoms with E-state index < -0.39 is 10.0 Å². The van der Waals surface area contributed by atoms with Crippen molar-refractivity contribution >= 4 is 15.9 Å². The third kappa shape index (κ3) is 6.27. The molecule has 2 rings (SSSR count). The van der Waals surface area contributed by atoms with Gasteiger partial charge in [-0.2, -0.15) is 0 Å². The smallest absolute Gasteiger partial charge is 0.253 e. The van der Waals surface area contributed by atoms with Crippen LogP contribution in [0.4, 0.5) is 0 Å². The van der Waals surface area contributed by atoms with Gasteiger partial charge >= 0.3 is 0 Å². The van der Waals surface area contributed by atoms with E-state index >= 15 is 0 Å². The third-order valence-electron chi connectivity index (χ3n) is 4.37. The summed E-state index contributed by atoms with van der Waals surface area (Å²) in [5, 5.41) is 0. The van der Waals surface area contributed by atoms with Gasteiger partial charge in [0, 0.05) is 43.5 Å². The lowest BCUT2D eigenvalue weighted by atomic mass is 10.1. The van der Waals surface area contributed by atoms with Crippen LogP contribution in [-0.4, -0.2) is 51.0 Å². The maximum Gasteiger partial charge on any atom is 0.253 e. The summed E-state index contributed by atoms with van der Waals surface area (Å²) in [5.41, 5.74) is 1.12. The zero-order chi connectivity index (χ0) is 21.3. The fourth-order valence-electron chi connectivity index (χ4n) is 2.99. The molecule has 1 aromatic carbocycles. The first kappa shape index (κ1) is 22.8. The predicted octanol–water partition coefficient (Wildman–Crippen LogP) is 2.87. The summed E-state index contributed by atoms with van der Waals surface area (Å²) in [6.45, 7) is 5.46. The first-order valence-corrected chi connectivity index (χ1v) is 11.3. The molecule has 0 saturated heterocycles. The zero-order valence-electron chi connectivity index (χ0n) is 17.2. The van der Waals surface area contributed by atoms with Crippen LogP contribution in [0, 0.1) is 0 Å². The Hall–Kier alpha value is -2.45. The van der Waals surface area contributed by atoms with Gasteiger partial charge < -0.3 is 9.64 Å². The van der Waals surface area contributed by atoms with E-state index in [4.69, 9.17) is 4.74 Å². The molecule has 0 unspecified atom stereocenters. The molecule has 0 radical (unpaired) electrons. The van der Waals surface area contributed by atoms with Crippen LogP contribution in [0.5, 0.6) is 5.75 Å². The second-order valence-corrected chi connectivity index (χ2v) is 8.36. The summed E-state index contributed by atoms with van der Waals surface area (Å²) in [6, 6.07) is 10.0. The van der Waals surface area contributed by atoms with Crippen LogP contribution in [0.1, 0.15) is 42.7 Å². The van der Waals surface area contributed by atoms with E-state index in [1.165, 1.54) is 19.2 Å². The molecular weight excluding hydrogens is 390 g/mol. The molecule has 0 saturated carbocycles. The molecule has 0 atom stereocenters. The highest BCUT2D eigenvalue weighted by molar-refractivity contribution is 7.89. The molecule has 1 aromatic heterocycles. The van der Waals surface area contributed by atoms with Gasteiger partial charge in [0.15, 0.2) is 0 Å². The van der Waals surface area contributed by atoms with Crippen molar-refractivity contribution in [1.82, 2.24) is 14.6 Å². The second-order valence-electron chi connectivity index (χ2n) is 6.63. The van der Waals surface area contributed by atoms with Gasteiger partial charge in [0.2, 0.25) is 10.0 Å². The molecule has 1 heterocycles. The number of hydrogen-bond donors (Lipinski definition) is 1. The van der Waals surface area contributed by atoms with E-state index in [-0.39, 0.29) is 23.1 Å². The maximum atomic E-state index is 12.9. The first-order chi connectivity index (χ1) is 13.9. The standard InChI is InChI=1S/C21H29N3O4S/c1-4-14-24(15-5-2)21(25)17-9-10-19(28-3)20(16-17)29(26,27)23-13-11-18-8-6-7-12-22-18/h6-10,12,16,23H,4-5,11,13-15H2,1-3H3. The van der Waals surface area contributed by atoms with Gasteiger partial charge in [0.05, 0.1) is 7.11 Å². The van der Waals surface area contributed by atoms with Crippen LogP contribution in [0.15, 0.2) is 47.5 Å². The predicted molar refractivity (Wildman–Crippen MR) is 113 cm³/mol. The molecule has 1 amide bonds. The maximum absolute atomic E-state index is 12.9. The molecule has 158 valence electrons. The van der Waals surface area contributed by atoms with Crippen molar-refractivity contribution in [2.24, 2.45) is 0 Å². The van der Waals surface area contributed by atoms with E-state index in [0.29, 0.717) is 25.1 Å². The van der Waals surface area contributed by atoms with Crippen molar-refractivity contribution in [1.29, 1.82) is 0 Å². The van der Waals surface area contributed by atoms with Crippen molar-refractivity contribution in [2.45, 2.75) is 38.0 Å². The number of sulfonamides is 1. The molecule has 1 N–H and O–H groups in total. The Kier molecular flexibility index (Phi) is 8.60. The van der Waals surface area contributed by atoms with Gasteiger partial charge in [-0.3, -0.25) is 9.78 Å². The van der Waals surface area contributed by atoms with Crippen LogP contribution >= 0.6 is 0 Å². The van der Waals surface area contributed by atoms with Crippen LogP contribution < -0.4 is 9.46 Å². The Morgan fingerprint density at radius 2 is 1.86 bits per heavy atom. The second kappa shape index (κ2) is 10.9. The molecule has 0 aliphatic heterocycles. The number of carbonyl (C=O) groups excluding carboxylic acids is 1. The number of methoxy groups -OCH3 is 1. The molecule has 2 aromatic rings. The van der Waals surface area contributed by atoms with E-state index in [2.05, 4.69) is 9.71 Å². The SMILES string of the molecule is CCCN(CCC)C(=O)c1ccc(OC)c(S(=O)(=O)NCCc2ccccn2)c1. The summed E-state index contributed by atoms with van der Waals surface area (Å²) in [6.07, 6.45) is 3.80. The number of ether oxygens (including phenoxy) is 1. The topological polar surface area (TPSA) is 88.6 Å². The van der Waals surface area contributed by atoms with Crippen molar-refractivity contribution in [3.8, 4) is 5.75 Å². The zero-order valence-corrected chi connectivity index (χ0v) is 18.0. The van der Waals surface area contributed by atoms with Crippen LogP contribution in [0.2, 0.25) is 0 Å². The highest BCUT2D eigenvalue weighted by Gasteiger charge is 2.23. The molecular formula is C21H29N3O4S. The number of benzene rings is 1. The highest BCUT2D eigenvalue weighted by atomic mass is 32.2. The molecule has 0 aliphatic rings. The normalized spacial score (nSPS) is 11.3. The quantitative estimate of drug-likeness (QED) is 0.605. The minimum Gasteiger partial charge on any atom is -0.495 e. The molecule has 29 heavy (non-hydrogen) atoms. The van der Waals surface area contributed by atoms with Crippen LogP contribution in [0.25, 0.3) is 0 Å². The fourth-order valence-corrected chi connectivity index (χ4v) is 4.22. The summed E-state index contributed by atoms with van der Waals surface area (Å²) in [7, 11) is -2.45. The van der Waals surface area contributed by atoms with Crippen LogP contribution in [-0.2, 0) is 16.4 Å². The lowest BCUT2D eigenvalue weighted by Gasteiger charge is -2.22. The van der Waals surface area contributed by atoms with E-state index in [1.54, 1.807) is 23.2 Å². The number of rotatable bonds is 11. The number of hydrogen-bond acceptors (Lipinski definition) is 5. The number of nitrogens with zero attached hydrogens (tertiary/aromatic N) is 2. The summed E-state index contributed by atoms with van der Waals surface area (Å²) in [5.74, 6) is 0.0192. The van der Waals surface area contributed by atoms with Gasteiger partial charge in [-0.05, 0) is 43.2 Å². The molecule has 0 spiro atoms.